The Hall–Kier alpha value is -0.870. The van der Waals surface area contributed by atoms with Gasteiger partial charge in [-0.1, -0.05) is 13.8 Å². The average Bonchev–Trinajstić information content (AvgIpc) is 2.45. The summed E-state index contributed by atoms with van der Waals surface area (Å²) in [5, 5.41) is 0. The predicted molar refractivity (Wildman–Crippen MR) is 96.0 cm³/mol. The lowest BCUT2D eigenvalue weighted by Crippen LogP contribution is -2.39. The third-order valence-electron chi connectivity index (χ3n) is 3.45. The first-order chi connectivity index (χ1) is 10.3. The van der Waals surface area contributed by atoms with Crippen molar-refractivity contribution in [3.05, 3.63) is 18.2 Å². The lowest BCUT2D eigenvalue weighted by molar-refractivity contribution is 0.291. The van der Waals surface area contributed by atoms with Gasteiger partial charge in [0, 0.05) is 19.8 Å². The lowest BCUT2D eigenvalue weighted by atomic mass is 9.94. The second-order valence-corrected chi connectivity index (χ2v) is 10.2. The lowest BCUT2D eigenvalue weighted by Gasteiger charge is -2.28. The molecule has 0 saturated carbocycles. The Kier molecular flexibility index (Phi) is 7.72. The molecule has 0 fully saturated rings. The number of benzene rings is 1. The number of hydrogen-bond acceptors (Lipinski definition) is 6. The fourth-order valence-electron chi connectivity index (χ4n) is 2.01. The molecule has 0 aromatic heterocycles. The van der Waals surface area contributed by atoms with Crippen LogP contribution >= 0.6 is 12.4 Å². The standard InChI is InChI=1S/C14H24N2O5S2.ClH/c1-14(2,9-15)10-16(3)23(19,20)13-8-11(22(5,17)18)6-7-12(13)21-4;/h6-8H,9-10,15H2,1-5H3;1H. The molecule has 0 aliphatic carbocycles. The molecule has 0 radical (unpaired) electrons. The molecule has 10 heteroatoms. The minimum atomic E-state index is -3.92. The first-order valence-electron chi connectivity index (χ1n) is 6.89. The van der Waals surface area contributed by atoms with Gasteiger partial charge in [0.15, 0.2) is 9.84 Å². The summed E-state index contributed by atoms with van der Waals surface area (Å²) >= 11 is 0. The fraction of sp³-hybridized carbons (Fsp3) is 0.571. The van der Waals surface area contributed by atoms with E-state index in [4.69, 9.17) is 10.5 Å². The Balaban J connectivity index is 0.00000529. The van der Waals surface area contributed by atoms with E-state index in [-0.39, 0.29) is 34.5 Å². The molecule has 0 spiro atoms. The van der Waals surface area contributed by atoms with Crippen LogP contribution in [-0.4, -0.2) is 54.6 Å². The Labute approximate surface area is 150 Å². The summed E-state index contributed by atoms with van der Waals surface area (Å²) in [4.78, 5) is -0.262. The number of nitrogens with zero attached hydrogens (tertiary/aromatic N) is 1. The van der Waals surface area contributed by atoms with Crippen molar-refractivity contribution in [3.63, 3.8) is 0 Å². The first kappa shape index (κ1) is 23.1. The van der Waals surface area contributed by atoms with Crippen LogP contribution in [0.3, 0.4) is 0 Å². The molecule has 1 rings (SSSR count). The van der Waals surface area contributed by atoms with Gasteiger partial charge in [0.05, 0.1) is 12.0 Å². The number of nitrogens with two attached hydrogens (primary N) is 1. The highest BCUT2D eigenvalue weighted by Gasteiger charge is 2.30. The van der Waals surface area contributed by atoms with Gasteiger partial charge in [-0.15, -0.1) is 12.4 Å². The van der Waals surface area contributed by atoms with Crippen molar-refractivity contribution in [1.29, 1.82) is 0 Å². The predicted octanol–water partition coefficient (Wildman–Crippen LogP) is 1.13. The smallest absolute Gasteiger partial charge is 0.246 e. The van der Waals surface area contributed by atoms with E-state index < -0.39 is 25.3 Å². The van der Waals surface area contributed by atoms with E-state index in [1.165, 1.54) is 26.3 Å². The zero-order chi connectivity index (χ0) is 18.1. The maximum absolute atomic E-state index is 12.8. The maximum atomic E-state index is 12.8. The number of hydrogen-bond donors (Lipinski definition) is 1. The van der Waals surface area contributed by atoms with Gasteiger partial charge in [-0.2, -0.15) is 0 Å². The Morgan fingerprint density at radius 2 is 1.75 bits per heavy atom. The normalized spacial score (nSPS) is 12.8. The number of sulfonamides is 1. The van der Waals surface area contributed by atoms with Crippen LogP contribution < -0.4 is 10.5 Å². The topological polar surface area (TPSA) is 107 Å². The van der Waals surface area contributed by atoms with Crippen molar-refractivity contribution in [1.82, 2.24) is 4.31 Å². The van der Waals surface area contributed by atoms with Crippen molar-refractivity contribution in [2.75, 3.05) is 33.5 Å². The minimum absolute atomic E-state index is 0. The van der Waals surface area contributed by atoms with Crippen LogP contribution in [0.2, 0.25) is 0 Å². The summed E-state index contributed by atoms with van der Waals surface area (Å²) in [6, 6.07) is 3.78. The molecular weight excluding hydrogens is 376 g/mol. The van der Waals surface area contributed by atoms with Crippen LogP contribution in [0.25, 0.3) is 0 Å². The average molecular weight is 401 g/mol. The summed E-state index contributed by atoms with van der Waals surface area (Å²) in [5.41, 5.74) is 5.24. The molecule has 0 amide bonds. The molecular formula is C14H25ClN2O5S2. The first-order valence-corrected chi connectivity index (χ1v) is 10.2. The van der Waals surface area contributed by atoms with Crippen LogP contribution in [0.1, 0.15) is 13.8 Å². The van der Waals surface area contributed by atoms with Crippen LogP contribution in [-0.2, 0) is 19.9 Å². The SMILES string of the molecule is COc1ccc(S(C)(=O)=O)cc1S(=O)(=O)N(C)CC(C)(C)CN.Cl. The summed E-state index contributed by atoms with van der Waals surface area (Å²) < 4.78 is 55.2. The molecule has 24 heavy (non-hydrogen) atoms. The molecule has 0 atom stereocenters. The number of rotatable bonds is 7. The van der Waals surface area contributed by atoms with Crippen molar-refractivity contribution >= 4 is 32.3 Å². The summed E-state index contributed by atoms with van der Waals surface area (Å²) in [6.07, 6.45) is 1.02. The molecule has 7 nitrogen and oxygen atoms in total. The number of methoxy groups -OCH3 is 1. The summed E-state index contributed by atoms with van der Waals surface area (Å²) in [7, 11) is -4.69. The van der Waals surface area contributed by atoms with E-state index in [1.54, 1.807) is 0 Å². The Bertz CT molecular complexity index is 776. The molecule has 0 aliphatic rings. The molecule has 1 aromatic rings. The van der Waals surface area contributed by atoms with Crippen molar-refractivity contribution in [2.45, 2.75) is 23.6 Å². The molecule has 0 unspecified atom stereocenters. The molecule has 1 aromatic carbocycles. The monoisotopic (exact) mass is 400 g/mol. The molecule has 140 valence electrons. The van der Waals surface area contributed by atoms with Crippen LogP contribution in [0.5, 0.6) is 5.75 Å². The Morgan fingerprint density at radius 3 is 2.17 bits per heavy atom. The van der Waals surface area contributed by atoms with Gasteiger partial charge in [-0.25, -0.2) is 21.1 Å². The van der Waals surface area contributed by atoms with E-state index in [1.807, 2.05) is 13.8 Å². The zero-order valence-electron chi connectivity index (χ0n) is 14.4. The maximum Gasteiger partial charge on any atom is 0.246 e. The van der Waals surface area contributed by atoms with Gasteiger partial charge in [0.2, 0.25) is 10.0 Å². The van der Waals surface area contributed by atoms with Gasteiger partial charge in [-0.3, -0.25) is 0 Å². The zero-order valence-corrected chi connectivity index (χ0v) is 16.9. The van der Waals surface area contributed by atoms with Crippen LogP contribution in [0.4, 0.5) is 0 Å². The highest BCUT2D eigenvalue weighted by Crippen LogP contribution is 2.30. The molecule has 2 N–H and O–H groups in total. The molecule has 0 aliphatic heterocycles. The van der Waals surface area contributed by atoms with Crippen molar-refractivity contribution in [3.8, 4) is 5.75 Å². The second-order valence-electron chi connectivity index (χ2n) is 6.21. The minimum Gasteiger partial charge on any atom is -0.495 e. The van der Waals surface area contributed by atoms with Gasteiger partial charge in [0.1, 0.15) is 10.6 Å². The van der Waals surface area contributed by atoms with E-state index in [9.17, 15) is 16.8 Å². The van der Waals surface area contributed by atoms with Gasteiger partial charge >= 0.3 is 0 Å². The largest absolute Gasteiger partial charge is 0.495 e. The van der Waals surface area contributed by atoms with Crippen molar-refractivity contribution < 1.29 is 21.6 Å². The second kappa shape index (κ2) is 8.01. The van der Waals surface area contributed by atoms with Gasteiger partial charge in [-0.05, 0) is 30.2 Å². The Morgan fingerprint density at radius 1 is 1.21 bits per heavy atom. The number of sulfone groups is 1. The third-order valence-corrected chi connectivity index (χ3v) is 6.39. The molecule has 0 saturated heterocycles. The number of halogens is 1. The highest BCUT2D eigenvalue weighted by atomic mass is 35.5. The van der Waals surface area contributed by atoms with E-state index >= 15 is 0 Å². The highest BCUT2D eigenvalue weighted by molar-refractivity contribution is 7.91. The van der Waals surface area contributed by atoms with E-state index in [0.29, 0.717) is 6.54 Å². The quantitative estimate of drug-likeness (QED) is 0.735. The fourth-order valence-corrected chi connectivity index (χ4v) is 4.27. The van der Waals surface area contributed by atoms with Crippen LogP contribution in [0, 0.1) is 5.41 Å². The van der Waals surface area contributed by atoms with Gasteiger partial charge in [0.25, 0.3) is 0 Å². The molecule has 0 heterocycles. The summed E-state index contributed by atoms with van der Waals surface area (Å²) in [5.74, 6) is 0.0924. The van der Waals surface area contributed by atoms with Crippen molar-refractivity contribution in [2.24, 2.45) is 11.1 Å². The number of ether oxygens (including phenoxy) is 1. The molecule has 0 bridgehead atoms. The third kappa shape index (κ3) is 5.32. The van der Waals surface area contributed by atoms with E-state index in [2.05, 4.69) is 0 Å². The summed E-state index contributed by atoms with van der Waals surface area (Å²) in [6.45, 7) is 4.21. The van der Waals surface area contributed by atoms with Crippen LogP contribution in [0.15, 0.2) is 28.0 Å². The van der Waals surface area contributed by atoms with E-state index in [0.717, 1.165) is 16.6 Å². The van der Waals surface area contributed by atoms with Gasteiger partial charge < -0.3 is 10.5 Å².